The van der Waals surface area contributed by atoms with Crippen molar-refractivity contribution < 1.29 is 14.7 Å². The topological polar surface area (TPSA) is 88.6 Å². The zero-order valence-electron chi connectivity index (χ0n) is 7.79. The summed E-state index contributed by atoms with van der Waals surface area (Å²) < 4.78 is 4.71. The lowest BCUT2D eigenvalue weighted by molar-refractivity contribution is 0.288. The Morgan fingerprint density at radius 3 is 2.80 bits per heavy atom. The Labute approximate surface area is 86.3 Å². The van der Waals surface area contributed by atoms with Crippen LogP contribution >= 0.6 is 0 Å². The van der Waals surface area contributed by atoms with Crippen LogP contribution in [0.15, 0.2) is 30.5 Å². The zero-order chi connectivity index (χ0) is 10.8. The van der Waals surface area contributed by atoms with Crippen molar-refractivity contribution in [2.75, 3.05) is 5.73 Å². The largest absolute Gasteiger partial charge is 0.707 e. The highest BCUT2D eigenvalue weighted by Gasteiger charge is 2.11. The Kier molecular flexibility index (Phi) is 2.45. The number of aromatic nitrogens is 1. The number of nitrogens with zero attached hydrogens (tertiary/aromatic N) is 1. The first kappa shape index (κ1) is 9.76. The summed E-state index contributed by atoms with van der Waals surface area (Å²) in [5, 5.41) is 18.9. The molecule has 0 radical (unpaired) electrons. The first-order valence-corrected chi connectivity index (χ1v) is 4.34. The number of pyridine rings is 1. The molecule has 0 aliphatic heterocycles. The molecule has 2 rings (SSSR count). The third-order valence-electron chi connectivity index (χ3n) is 2.01. The molecule has 5 nitrogen and oxygen atoms in total. The molecule has 0 saturated heterocycles. The van der Waals surface area contributed by atoms with Crippen molar-refractivity contribution in [3.8, 4) is 5.75 Å². The fourth-order valence-corrected chi connectivity index (χ4v) is 1.36. The third kappa shape index (κ3) is 2.00. The molecule has 6 heteroatoms. The van der Waals surface area contributed by atoms with Crippen LogP contribution in [0, 0.1) is 0 Å². The van der Waals surface area contributed by atoms with E-state index in [0.29, 0.717) is 11.6 Å². The van der Waals surface area contributed by atoms with Crippen LogP contribution in [0.2, 0.25) is 0 Å². The maximum Gasteiger partial charge on any atom is 0.707 e. The SMILES string of the molecule is Nc1nccc2ccc(OB(O)O)cc12. The Morgan fingerprint density at radius 1 is 1.27 bits per heavy atom. The van der Waals surface area contributed by atoms with Crippen LogP contribution in [0.25, 0.3) is 10.8 Å². The summed E-state index contributed by atoms with van der Waals surface area (Å²) in [7, 11) is -1.83. The Bertz CT molecular complexity index is 490. The van der Waals surface area contributed by atoms with Crippen LogP contribution in [-0.2, 0) is 0 Å². The van der Waals surface area contributed by atoms with Gasteiger partial charge in [0.2, 0.25) is 0 Å². The summed E-state index contributed by atoms with van der Waals surface area (Å²) in [6, 6.07) is 6.81. The Hall–Kier alpha value is -1.79. The normalized spacial score (nSPS) is 10.3. The van der Waals surface area contributed by atoms with Gasteiger partial charge < -0.3 is 20.4 Å². The fraction of sp³-hybridized carbons (Fsp3) is 0. The molecule has 0 spiro atoms. The summed E-state index contributed by atoms with van der Waals surface area (Å²) in [6.07, 6.45) is 1.61. The number of hydrogen-bond acceptors (Lipinski definition) is 5. The summed E-state index contributed by atoms with van der Waals surface area (Å²) in [6.45, 7) is 0. The second-order valence-electron chi connectivity index (χ2n) is 3.02. The fourth-order valence-electron chi connectivity index (χ4n) is 1.36. The number of anilines is 1. The van der Waals surface area contributed by atoms with Gasteiger partial charge in [-0.2, -0.15) is 0 Å². The van der Waals surface area contributed by atoms with Crippen molar-refractivity contribution in [2.24, 2.45) is 0 Å². The van der Waals surface area contributed by atoms with Gasteiger partial charge >= 0.3 is 7.32 Å². The Morgan fingerprint density at radius 2 is 2.07 bits per heavy atom. The second kappa shape index (κ2) is 3.76. The van der Waals surface area contributed by atoms with Gasteiger partial charge in [0.1, 0.15) is 11.6 Å². The Balaban J connectivity index is 2.50. The molecule has 4 N–H and O–H groups in total. The third-order valence-corrected chi connectivity index (χ3v) is 2.01. The molecule has 1 aromatic heterocycles. The van der Waals surface area contributed by atoms with E-state index < -0.39 is 7.32 Å². The smallest absolute Gasteiger partial charge is 0.512 e. The molecule has 76 valence electrons. The van der Waals surface area contributed by atoms with Gasteiger partial charge in [-0.15, -0.1) is 0 Å². The van der Waals surface area contributed by atoms with Gasteiger partial charge in [0.25, 0.3) is 0 Å². The summed E-state index contributed by atoms with van der Waals surface area (Å²) in [5.74, 6) is 0.711. The van der Waals surface area contributed by atoms with Crippen molar-refractivity contribution in [1.29, 1.82) is 0 Å². The molecule has 0 atom stereocenters. The van der Waals surface area contributed by atoms with Gasteiger partial charge in [-0.1, -0.05) is 6.07 Å². The minimum Gasteiger partial charge on any atom is -0.512 e. The minimum atomic E-state index is -1.83. The maximum atomic E-state index is 8.63. The standard InChI is InChI=1S/C9H9BN2O3/c11-9-8-5-7(15-10(13)14)2-1-6(8)3-4-12-9/h1-5,13-14H,(H2,11,12). The van der Waals surface area contributed by atoms with Gasteiger partial charge in [0.15, 0.2) is 0 Å². The number of rotatable bonds is 2. The molecular formula is C9H9BN2O3. The van der Waals surface area contributed by atoms with E-state index in [1.165, 1.54) is 0 Å². The molecule has 0 saturated carbocycles. The monoisotopic (exact) mass is 204 g/mol. The van der Waals surface area contributed by atoms with Gasteiger partial charge in [-0.25, -0.2) is 4.98 Å². The van der Waals surface area contributed by atoms with Gasteiger partial charge in [-0.3, -0.25) is 0 Å². The van der Waals surface area contributed by atoms with E-state index in [4.69, 9.17) is 20.4 Å². The molecular weight excluding hydrogens is 195 g/mol. The van der Waals surface area contributed by atoms with E-state index in [-0.39, 0.29) is 0 Å². The highest BCUT2D eigenvalue weighted by molar-refractivity contribution is 6.33. The molecule has 1 heterocycles. The van der Waals surface area contributed by atoms with Crippen LogP contribution < -0.4 is 10.4 Å². The highest BCUT2D eigenvalue weighted by atomic mass is 16.6. The van der Waals surface area contributed by atoms with Crippen LogP contribution in [0.1, 0.15) is 0 Å². The molecule has 0 amide bonds. The quantitative estimate of drug-likeness (QED) is 0.606. The molecule has 0 fully saturated rings. The number of hydrogen-bond donors (Lipinski definition) is 3. The molecule has 2 aromatic rings. The van der Waals surface area contributed by atoms with E-state index in [9.17, 15) is 0 Å². The first-order chi connectivity index (χ1) is 7.16. The predicted molar refractivity (Wildman–Crippen MR) is 57.0 cm³/mol. The average Bonchev–Trinajstić information content (AvgIpc) is 2.18. The predicted octanol–water partition coefficient (Wildman–Crippen LogP) is 0.165. The van der Waals surface area contributed by atoms with Crippen molar-refractivity contribution in [3.05, 3.63) is 30.5 Å². The van der Waals surface area contributed by atoms with Crippen molar-refractivity contribution in [2.45, 2.75) is 0 Å². The van der Waals surface area contributed by atoms with E-state index in [0.717, 1.165) is 10.8 Å². The van der Waals surface area contributed by atoms with E-state index >= 15 is 0 Å². The lowest BCUT2D eigenvalue weighted by Crippen LogP contribution is -2.20. The number of fused-ring (bicyclic) bond motifs is 1. The van der Waals surface area contributed by atoms with Crippen molar-refractivity contribution in [1.82, 2.24) is 4.98 Å². The van der Waals surface area contributed by atoms with E-state index in [1.807, 2.05) is 6.07 Å². The molecule has 0 unspecified atom stereocenters. The molecule has 1 aromatic carbocycles. The second-order valence-corrected chi connectivity index (χ2v) is 3.02. The highest BCUT2D eigenvalue weighted by Crippen LogP contribution is 2.23. The van der Waals surface area contributed by atoms with Crippen molar-refractivity contribution >= 4 is 23.9 Å². The van der Waals surface area contributed by atoms with Crippen LogP contribution in [0.5, 0.6) is 5.75 Å². The van der Waals surface area contributed by atoms with Gasteiger partial charge in [0, 0.05) is 11.6 Å². The van der Waals surface area contributed by atoms with E-state index in [2.05, 4.69) is 4.98 Å². The molecule has 15 heavy (non-hydrogen) atoms. The van der Waals surface area contributed by atoms with Crippen LogP contribution in [0.4, 0.5) is 5.82 Å². The number of nitrogen functional groups attached to an aromatic ring is 1. The zero-order valence-corrected chi connectivity index (χ0v) is 7.79. The van der Waals surface area contributed by atoms with Crippen LogP contribution in [0.3, 0.4) is 0 Å². The number of benzene rings is 1. The number of nitrogens with two attached hydrogens (primary N) is 1. The maximum absolute atomic E-state index is 8.63. The van der Waals surface area contributed by atoms with Gasteiger partial charge in [-0.05, 0) is 23.6 Å². The van der Waals surface area contributed by atoms with Crippen molar-refractivity contribution in [3.63, 3.8) is 0 Å². The summed E-state index contributed by atoms with van der Waals surface area (Å²) in [4.78, 5) is 3.92. The average molecular weight is 204 g/mol. The molecule has 0 bridgehead atoms. The summed E-state index contributed by atoms with van der Waals surface area (Å²) in [5.41, 5.74) is 5.66. The lowest BCUT2D eigenvalue weighted by atomic mass is 10.1. The van der Waals surface area contributed by atoms with E-state index in [1.54, 1.807) is 24.4 Å². The van der Waals surface area contributed by atoms with Gasteiger partial charge in [0.05, 0.1) is 0 Å². The molecule has 0 aliphatic rings. The summed E-state index contributed by atoms with van der Waals surface area (Å²) >= 11 is 0. The lowest BCUT2D eigenvalue weighted by Gasteiger charge is -2.06. The first-order valence-electron chi connectivity index (χ1n) is 4.34. The minimum absolute atomic E-state index is 0.331. The molecule has 0 aliphatic carbocycles. The van der Waals surface area contributed by atoms with Crippen LogP contribution in [-0.4, -0.2) is 22.4 Å².